The molecular weight excluding hydrogens is 271 g/mol. The molecule has 2 nitrogen and oxygen atoms in total. The molecule has 0 aliphatic heterocycles. The zero-order chi connectivity index (χ0) is 14.1. The maximum atomic E-state index is 13.2. The number of thiophene rings is 1. The highest BCUT2D eigenvalue weighted by molar-refractivity contribution is 7.19. The van der Waals surface area contributed by atoms with Crippen LogP contribution < -0.4 is 5.73 Å². The second kappa shape index (κ2) is 5.31. The first-order chi connectivity index (χ1) is 9.65. The van der Waals surface area contributed by atoms with Crippen LogP contribution in [0.3, 0.4) is 0 Å². The Labute approximate surface area is 121 Å². The van der Waals surface area contributed by atoms with Gasteiger partial charge in [0.2, 0.25) is 0 Å². The van der Waals surface area contributed by atoms with E-state index in [4.69, 9.17) is 5.73 Å². The molecule has 0 bridgehead atoms. The molecule has 102 valence electrons. The van der Waals surface area contributed by atoms with Crippen molar-refractivity contribution in [2.75, 3.05) is 0 Å². The van der Waals surface area contributed by atoms with Crippen molar-refractivity contribution in [1.82, 2.24) is 4.98 Å². The Morgan fingerprint density at radius 2 is 1.90 bits per heavy atom. The fraction of sp³-hybridized carbons (Fsp3) is 0.188. The van der Waals surface area contributed by atoms with Crippen LogP contribution in [0.25, 0.3) is 10.1 Å². The van der Waals surface area contributed by atoms with Gasteiger partial charge in [0.05, 0.1) is 0 Å². The lowest BCUT2D eigenvalue weighted by Gasteiger charge is -2.18. The van der Waals surface area contributed by atoms with Crippen LogP contribution in [0.1, 0.15) is 29.3 Å². The summed E-state index contributed by atoms with van der Waals surface area (Å²) < 4.78 is 14.2. The Hall–Kier alpha value is -1.78. The summed E-state index contributed by atoms with van der Waals surface area (Å²) in [5.41, 5.74) is 7.53. The van der Waals surface area contributed by atoms with Crippen LogP contribution in [0.4, 0.5) is 4.39 Å². The number of rotatable bonds is 3. The number of nitrogens with two attached hydrogens (primary N) is 1. The number of halogens is 1. The number of aromatic nitrogens is 1. The van der Waals surface area contributed by atoms with E-state index < -0.39 is 0 Å². The molecule has 2 aromatic heterocycles. The highest BCUT2D eigenvalue weighted by Gasteiger charge is 2.19. The van der Waals surface area contributed by atoms with Crippen molar-refractivity contribution in [2.45, 2.75) is 18.9 Å². The molecule has 0 amide bonds. The molecule has 4 heteroatoms. The third-order valence-electron chi connectivity index (χ3n) is 3.60. The lowest BCUT2D eigenvalue weighted by molar-refractivity contribution is 0.607. The minimum Gasteiger partial charge on any atom is -0.323 e. The van der Waals surface area contributed by atoms with Gasteiger partial charge in [-0.1, -0.05) is 13.0 Å². The van der Waals surface area contributed by atoms with Gasteiger partial charge in [0.1, 0.15) is 5.82 Å². The van der Waals surface area contributed by atoms with Gasteiger partial charge in [-0.05, 0) is 41.3 Å². The summed E-state index contributed by atoms with van der Waals surface area (Å²) in [5, 5.41) is 1.05. The van der Waals surface area contributed by atoms with Crippen molar-refractivity contribution in [1.29, 1.82) is 0 Å². The number of nitrogens with zero attached hydrogens (tertiary/aromatic N) is 1. The van der Waals surface area contributed by atoms with E-state index in [1.807, 2.05) is 12.1 Å². The standard InChI is InChI=1S/C16H15FN2S/c1-10(11-4-6-19-7-5-11)16(18)15-8-12-2-3-13(17)9-14(12)20-15/h2-10,16H,18H2,1H3. The number of hydrogen-bond donors (Lipinski definition) is 1. The smallest absolute Gasteiger partial charge is 0.124 e. The number of benzene rings is 1. The first kappa shape index (κ1) is 13.2. The summed E-state index contributed by atoms with van der Waals surface area (Å²) in [5.74, 6) is -0.0161. The summed E-state index contributed by atoms with van der Waals surface area (Å²) in [6.45, 7) is 2.10. The molecule has 0 aliphatic rings. The Morgan fingerprint density at radius 1 is 1.15 bits per heavy atom. The van der Waals surface area contributed by atoms with E-state index in [-0.39, 0.29) is 17.8 Å². The second-order valence-electron chi connectivity index (χ2n) is 4.93. The van der Waals surface area contributed by atoms with Crippen molar-refractivity contribution in [3.05, 3.63) is 65.0 Å². The largest absolute Gasteiger partial charge is 0.323 e. The molecule has 2 atom stereocenters. The average molecular weight is 286 g/mol. The minimum atomic E-state index is -0.207. The third-order valence-corrected chi connectivity index (χ3v) is 4.80. The van der Waals surface area contributed by atoms with Gasteiger partial charge < -0.3 is 5.73 Å². The molecule has 2 N–H and O–H groups in total. The molecule has 2 heterocycles. The lowest BCUT2D eigenvalue weighted by Crippen LogP contribution is -2.16. The van der Waals surface area contributed by atoms with Crippen molar-refractivity contribution in [3.8, 4) is 0 Å². The molecule has 0 radical (unpaired) electrons. The quantitative estimate of drug-likeness (QED) is 0.782. The van der Waals surface area contributed by atoms with E-state index in [9.17, 15) is 4.39 Å². The molecule has 0 spiro atoms. The molecule has 3 rings (SSSR count). The number of fused-ring (bicyclic) bond motifs is 1. The van der Waals surface area contributed by atoms with Crippen LogP contribution in [-0.4, -0.2) is 4.98 Å². The molecule has 20 heavy (non-hydrogen) atoms. The topological polar surface area (TPSA) is 38.9 Å². The first-order valence-corrected chi connectivity index (χ1v) is 7.31. The van der Waals surface area contributed by atoms with E-state index in [1.165, 1.54) is 6.07 Å². The molecule has 1 aromatic carbocycles. The SMILES string of the molecule is CC(c1ccncc1)C(N)c1cc2ccc(F)cc2s1. The van der Waals surface area contributed by atoms with E-state index in [2.05, 4.69) is 18.0 Å². The third kappa shape index (κ3) is 2.44. The molecule has 2 unspecified atom stereocenters. The van der Waals surface area contributed by atoms with Crippen molar-refractivity contribution in [2.24, 2.45) is 5.73 Å². The second-order valence-corrected chi connectivity index (χ2v) is 6.04. The fourth-order valence-electron chi connectivity index (χ4n) is 2.31. The summed E-state index contributed by atoms with van der Waals surface area (Å²) in [7, 11) is 0. The van der Waals surface area contributed by atoms with Gasteiger partial charge in [-0.25, -0.2) is 4.39 Å². The first-order valence-electron chi connectivity index (χ1n) is 6.49. The van der Waals surface area contributed by atoms with Gasteiger partial charge in [0.25, 0.3) is 0 Å². The van der Waals surface area contributed by atoms with E-state index in [0.29, 0.717) is 0 Å². The zero-order valence-electron chi connectivity index (χ0n) is 11.1. The molecule has 0 fully saturated rings. The van der Waals surface area contributed by atoms with Crippen LogP contribution in [0.15, 0.2) is 48.8 Å². The molecular formula is C16H15FN2S. The summed E-state index contributed by atoms with van der Waals surface area (Å²) >= 11 is 1.56. The average Bonchev–Trinajstić information content (AvgIpc) is 2.89. The summed E-state index contributed by atoms with van der Waals surface area (Å²) in [6.07, 6.45) is 3.55. The molecule has 3 aromatic rings. The van der Waals surface area contributed by atoms with Gasteiger partial charge in [0.15, 0.2) is 0 Å². The molecule has 0 saturated heterocycles. The molecule has 0 aliphatic carbocycles. The Morgan fingerprint density at radius 3 is 2.65 bits per heavy atom. The Balaban J connectivity index is 1.94. The predicted molar refractivity (Wildman–Crippen MR) is 81.4 cm³/mol. The maximum Gasteiger partial charge on any atom is 0.124 e. The summed E-state index contributed by atoms with van der Waals surface area (Å²) in [4.78, 5) is 5.10. The van der Waals surface area contributed by atoms with Gasteiger partial charge in [-0.2, -0.15) is 0 Å². The van der Waals surface area contributed by atoms with Crippen molar-refractivity contribution < 1.29 is 4.39 Å². The number of pyridine rings is 1. The minimum absolute atomic E-state index is 0.0992. The van der Waals surface area contributed by atoms with E-state index >= 15 is 0 Å². The fourth-order valence-corrected chi connectivity index (χ4v) is 3.51. The van der Waals surface area contributed by atoms with E-state index in [1.54, 1.807) is 35.9 Å². The van der Waals surface area contributed by atoms with E-state index in [0.717, 1.165) is 20.5 Å². The highest BCUT2D eigenvalue weighted by atomic mass is 32.1. The molecule has 0 saturated carbocycles. The van der Waals surface area contributed by atoms with Gasteiger partial charge in [-0.3, -0.25) is 4.98 Å². The van der Waals surface area contributed by atoms with Crippen LogP contribution in [0.5, 0.6) is 0 Å². The van der Waals surface area contributed by atoms with Gasteiger partial charge in [0, 0.05) is 33.9 Å². The summed E-state index contributed by atoms with van der Waals surface area (Å²) in [6, 6.07) is 10.8. The maximum absolute atomic E-state index is 13.2. The van der Waals surface area contributed by atoms with Crippen molar-refractivity contribution in [3.63, 3.8) is 0 Å². The van der Waals surface area contributed by atoms with Crippen LogP contribution in [0, 0.1) is 5.82 Å². The lowest BCUT2D eigenvalue weighted by atomic mass is 9.93. The number of hydrogen-bond acceptors (Lipinski definition) is 3. The van der Waals surface area contributed by atoms with Gasteiger partial charge in [-0.15, -0.1) is 11.3 Å². The Kier molecular flexibility index (Phi) is 3.51. The van der Waals surface area contributed by atoms with Gasteiger partial charge >= 0.3 is 0 Å². The highest BCUT2D eigenvalue weighted by Crippen LogP contribution is 2.35. The van der Waals surface area contributed by atoms with Crippen molar-refractivity contribution >= 4 is 21.4 Å². The predicted octanol–water partition coefficient (Wildman–Crippen LogP) is 4.24. The monoisotopic (exact) mass is 286 g/mol. The normalized spacial score (nSPS) is 14.3. The van der Waals surface area contributed by atoms with Crippen LogP contribution >= 0.6 is 11.3 Å². The van der Waals surface area contributed by atoms with Crippen LogP contribution in [-0.2, 0) is 0 Å². The van der Waals surface area contributed by atoms with Crippen LogP contribution in [0.2, 0.25) is 0 Å². The zero-order valence-corrected chi connectivity index (χ0v) is 11.9. The Bertz CT molecular complexity index is 724.